The summed E-state index contributed by atoms with van der Waals surface area (Å²) in [6.07, 6.45) is 0.844. The molecule has 21 heavy (non-hydrogen) atoms. The van der Waals surface area contributed by atoms with Crippen molar-refractivity contribution < 1.29 is 9.47 Å². The van der Waals surface area contributed by atoms with Crippen LogP contribution in [-0.2, 0) is 0 Å². The van der Waals surface area contributed by atoms with Crippen molar-refractivity contribution in [2.75, 3.05) is 19.0 Å². The number of ether oxygens (including phenoxy) is 2. The highest BCUT2D eigenvalue weighted by atomic mass is 35.5. The Morgan fingerprint density at radius 1 is 1.14 bits per heavy atom. The second kappa shape index (κ2) is 7.28. The molecule has 0 radical (unpaired) electrons. The number of nitrogens with one attached hydrogen (secondary N) is 1. The first-order chi connectivity index (χ1) is 10.1. The molecule has 1 aromatic heterocycles. The summed E-state index contributed by atoms with van der Waals surface area (Å²) in [4.78, 5) is 12.2. The predicted molar refractivity (Wildman–Crippen MR) is 81.7 cm³/mol. The summed E-state index contributed by atoms with van der Waals surface area (Å²) in [6, 6.07) is 5.31. The molecule has 0 amide bonds. The van der Waals surface area contributed by atoms with Crippen LogP contribution in [0.2, 0.25) is 10.0 Å². The zero-order valence-corrected chi connectivity index (χ0v) is 13.1. The van der Waals surface area contributed by atoms with Gasteiger partial charge in [0.05, 0.1) is 11.6 Å². The average molecular weight is 329 g/mol. The topological polar surface area (TPSA) is 69.2 Å². The molecule has 0 spiro atoms. The van der Waals surface area contributed by atoms with Crippen molar-refractivity contribution in [1.82, 2.24) is 15.0 Å². The first-order valence-corrected chi connectivity index (χ1v) is 7.08. The number of nitrogens with zero attached hydrogens (tertiary/aromatic N) is 3. The number of hydrogen-bond acceptors (Lipinski definition) is 6. The summed E-state index contributed by atoms with van der Waals surface area (Å²) in [6.45, 7) is 2.49. The standard InChI is InChI=1S/C13H14Cl2N4O2/c1-3-7-20-12-17-11(16-2)18-13(19-12)21-9-6-4-5-8(14)10(9)15/h4-6H,3,7H2,1-2H3,(H,16,17,18,19). The van der Waals surface area contributed by atoms with Crippen molar-refractivity contribution in [2.45, 2.75) is 13.3 Å². The minimum Gasteiger partial charge on any atom is -0.463 e. The van der Waals surface area contributed by atoms with E-state index < -0.39 is 0 Å². The fourth-order valence-corrected chi connectivity index (χ4v) is 1.74. The first-order valence-electron chi connectivity index (χ1n) is 6.32. The van der Waals surface area contributed by atoms with Gasteiger partial charge in [-0.2, -0.15) is 9.97 Å². The van der Waals surface area contributed by atoms with Gasteiger partial charge >= 0.3 is 12.0 Å². The van der Waals surface area contributed by atoms with E-state index in [-0.39, 0.29) is 12.0 Å². The van der Waals surface area contributed by atoms with Gasteiger partial charge in [0, 0.05) is 7.05 Å². The SMILES string of the molecule is CCCOc1nc(NC)nc(Oc2cccc(Cl)c2Cl)n1. The van der Waals surface area contributed by atoms with E-state index in [0.29, 0.717) is 28.3 Å². The molecule has 0 fully saturated rings. The lowest BCUT2D eigenvalue weighted by Gasteiger charge is -2.09. The van der Waals surface area contributed by atoms with E-state index in [4.69, 9.17) is 32.7 Å². The summed E-state index contributed by atoms with van der Waals surface area (Å²) < 4.78 is 10.9. The van der Waals surface area contributed by atoms with Crippen LogP contribution < -0.4 is 14.8 Å². The van der Waals surface area contributed by atoms with Crippen molar-refractivity contribution in [3.05, 3.63) is 28.2 Å². The smallest absolute Gasteiger partial charge is 0.330 e. The quantitative estimate of drug-likeness (QED) is 0.869. The van der Waals surface area contributed by atoms with Gasteiger partial charge in [0.25, 0.3) is 0 Å². The van der Waals surface area contributed by atoms with Crippen LogP contribution in [0.4, 0.5) is 5.95 Å². The van der Waals surface area contributed by atoms with Crippen LogP contribution in [0.15, 0.2) is 18.2 Å². The number of rotatable bonds is 6. The van der Waals surface area contributed by atoms with Crippen LogP contribution in [0.3, 0.4) is 0 Å². The summed E-state index contributed by atoms with van der Waals surface area (Å²) in [5, 5.41) is 3.50. The van der Waals surface area contributed by atoms with Crippen LogP contribution >= 0.6 is 23.2 Å². The molecule has 2 aromatic rings. The largest absolute Gasteiger partial charge is 0.463 e. The van der Waals surface area contributed by atoms with E-state index in [1.165, 1.54) is 0 Å². The van der Waals surface area contributed by atoms with E-state index in [2.05, 4.69) is 20.3 Å². The monoisotopic (exact) mass is 328 g/mol. The fraction of sp³-hybridized carbons (Fsp3) is 0.308. The number of aromatic nitrogens is 3. The maximum Gasteiger partial charge on any atom is 0.330 e. The molecular weight excluding hydrogens is 315 g/mol. The maximum absolute atomic E-state index is 6.07. The van der Waals surface area contributed by atoms with Gasteiger partial charge in [-0.05, 0) is 18.6 Å². The second-order valence-electron chi connectivity index (χ2n) is 3.98. The van der Waals surface area contributed by atoms with Crippen molar-refractivity contribution >= 4 is 29.2 Å². The summed E-state index contributed by atoms with van der Waals surface area (Å²) in [5.41, 5.74) is 0. The molecule has 0 aliphatic carbocycles. The van der Waals surface area contributed by atoms with Crippen molar-refractivity contribution in [3.8, 4) is 17.8 Å². The third kappa shape index (κ3) is 4.09. The van der Waals surface area contributed by atoms with E-state index >= 15 is 0 Å². The molecule has 0 bridgehead atoms. The molecule has 6 nitrogen and oxygen atoms in total. The minimum absolute atomic E-state index is 0.0737. The average Bonchev–Trinajstić information content (AvgIpc) is 2.49. The predicted octanol–water partition coefficient (Wildman–Crippen LogP) is 3.80. The third-order valence-corrected chi connectivity index (χ3v) is 3.17. The molecule has 1 aromatic carbocycles. The fourth-order valence-electron chi connectivity index (χ4n) is 1.41. The van der Waals surface area contributed by atoms with Gasteiger partial charge in [-0.15, -0.1) is 4.98 Å². The molecule has 0 saturated carbocycles. The Morgan fingerprint density at radius 2 is 1.90 bits per heavy atom. The van der Waals surface area contributed by atoms with Crippen molar-refractivity contribution in [3.63, 3.8) is 0 Å². The van der Waals surface area contributed by atoms with E-state index in [9.17, 15) is 0 Å². The van der Waals surface area contributed by atoms with Gasteiger partial charge in [-0.25, -0.2) is 0 Å². The lowest BCUT2D eigenvalue weighted by molar-refractivity contribution is 0.285. The maximum atomic E-state index is 6.07. The van der Waals surface area contributed by atoms with Gasteiger partial charge in [-0.3, -0.25) is 0 Å². The third-order valence-electron chi connectivity index (χ3n) is 2.37. The Morgan fingerprint density at radius 3 is 2.62 bits per heavy atom. The van der Waals surface area contributed by atoms with E-state index in [1.807, 2.05) is 6.92 Å². The number of halogens is 2. The van der Waals surface area contributed by atoms with E-state index in [0.717, 1.165) is 6.42 Å². The number of benzene rings is 1. The van der Waals surface area contributed by atoms with Crippen molar-refractivity contribution in [2.24, 2.45) is 0 Å². The minimum atomic E-state index is 0.0737. The molecule has 0 saturated heterocycles. The molecule has 0 aliphatic heterocycles. The second-order valence-corrected chi connectivity index (χ2v) is 4.76. The van der Waals surface area contributed by atoms with E-state index in [1.54, 1.807) is 25.2 Å². The Labute approximate surface area is 132 Å². The molecule has 112 valence electrons. The van der Waals surface area contributed by atoms with Crippen LogP contribution in [0.1, 0.15) is 13.3 Å². The van der Waals surface area contributed by atoms with Gasteiger partial charge in [0.2, 0.25) is 5.95 Å². The highest BCUT2D eigenvalue weighted by molar-refractivity contribution is 6.42. The van der Waals surface area contributed by atoms with Gasteiger partial charge in [0.1, 0.15) is 5.02 Å². The molecular formula is C13H14Cl2N4O2. The summed E-state index contributed by atoms with van der Waals surface area (Å²) in [7, 11) is 1.69. The molecule has 0 atom stereocenters. The highest BCUT2D eigenvalue weighted by Gasteiger charge is 2.12. The summed E-state index contributed by atoms with van der Waals surface area (Å²) >= 11 is 12.0. The lowest BCUT2D eigenvalue weighted by Crippen LogP contribution is -2.06. The Kier molecular flexibility index (Phi) is 5.41. The lowest BCUT2D eigenvalue weighted by atomic mass is 10.3. The molecule has 1 N–H and O–H groups in total. The van der Waals surface area contributed by atoms with Gasteiger partial charge in [0.15, 0.2) is 5.75 Å². The number of hydrogen-bond donors (Lipinski definition) is 1. The van der Waals surface area contributed by atoms with Gasteiger partial charge in [-0.1, -0.05) is 36.2 Å². The van der Waals surface area contributed by atoms with Gasteiger partial charge < -0.3 is 14.8 Å². The molecule has 1 heterocycles. The van der Waals surface area contributed by atoms with Crippen LogP contribution in [0, 0.1) is 0 Å². The molecule has 8 heteroatoms. The first kappa shape index (κ1) is 15.6. The molecule has 2 rings (SSSR count). The molecule has 0 aliphatic rings. The normalized spacial score (nSPS) is 10.3. The number of anilines is 1. The Bertz CT molecular complexity index is 625. The van der Waals surface area contributed by atoms with Crippen molar-refractivity contribution in [1.29, 1.82) is 0 Å². The van der Waals surface area contributed by atoms with Crippen LogP contribution in [-0.4, -0.2) is 28.6 Å². The zero-order chi connectivity index (χ0) is 15.2. The summed E-state index contributed by atoms with van der Waals surface area (Å²) in [5.74, 6) is 0.697. The zero-order valence-electron chi connectivity index (χ0n) is 11.6. The Hall–Kier alpha value is -1.79. The van der Waals surface area contributed by atoms with Crippen LogP contribution in [0.25, 0.3) is 0 Å². The Balaban J connectivity index is 2.28. The highest BCUT2D eigenvalue weighted by Crippen LogP contribution is 2.33. The van der Waals surface area contributed by atoms with Crippen LogP contribution in [0.5, 0.6) is 17.8 Å². The molecule has 0 unspecified atom stereocenters.